The first kappa shape index (κ1) is 11.0. The van der Waals surface area contributed by atoms with E-state index in [0.29, 0.717) is 0 Å². The zero-order chi connectivity index (χ0) is 9.73. The van der Waals surface area contributed by atoms with Crippen molar-refractivity contribution in [1.29, 1.82) is 0 Å². The number of hydrogen-bond acceptors (Lipinski definition) is 2. The molecule has 2 unspecified atom stereocenters. The molecule has 1 rings (SSSR count). The molecular weight excluding hydrogens is 164 g/mol. The van der Waals surface area contributed by atoms with Gasteiger partial charge in [-0.25, -0.2) is 0 Å². The van der Waals surface area contributed by atoms with Gasteiger partial charge in [-0.05, 0) is 19.8 Å². The summed E-state index contributed by atoms with van der Waals surface area (Å²) in [7, 11) is 0. The second-order valence-corrected chi connectivity index (χ2v) is 4.53. The smallest absolute Gasteiger partial charge is 0.0877 e. The molecule has 1 fully saturated rings. The van der Waals surface area contributed by atoms with E-state index < -0.39 is 11.7 Å². The summed E-state index contributed by atoms with van der Waals surface area (Å²) in [4.78, 5) is 0. The highest BCUT2D eigenvalue weighted by atomic mass is 16.3. The van der Waals surface area contributed by atoms with Crippen LogP contribution >= 0.6 is 0 Å². The third-order valence-corrected chi connectivity index (χ3v) is 3.13. The van der Waals surface area contributed by atoms with Crippen molar-refractivity contribution in [1.82, 2.24) is 0 Å². The molecule has 0 spiro atoms. The lowest BCUT2D eigenvalue weighted by molar-refractivity contribution is -0.0729. The Balaban J connectivity index is 2.42. The summed E-state index contributed by atoms with van der Waals surface area (Å²) in [5.74, 6) is 0. The van der Waals surface area contributed by atoms with Gasteiger partial charge in [0.25, 0.3) is 0 Å². The zero-order valence-electron chi connectivity index (χ0n) is 8.63. The summed E-state index contributed by atoms with van der Waals surface area (Å²) in [6, 6.07) is 0. The molecule has 0 aromatic heterocycles. The SMILES string of the molecule is CC1(O)CCCCCCCCC1O. The van der Waals surface area contributed by atoms with Crippen LogP contribution in [0.2, 0.25) is 0 Å². The van der Waals surface area contributed by atoms with Gasteiger partial charge in [0.1, 0.15) is 0 Å². The van der Waals surface area contributed by atoms with E-state index in [4.69, 9.17) is 0 Å². The normalized spacial score (nSPS) is 38.5. The molecule has 2 nitrogen and oxygen atoms in total. The van der Waals surface area contributed by atoms with Crippen LogP contribution in [0.5, 0.6) is 0 Å². The lowest BCUT2D eigenvalue weighted by atomic mass is 9.87. The quantitative estimate of drug-likeness (QED) is 0.609. The number of hydrogen-bond donors (Lipinski definition) is 2. The van der Waals surface area contributed by atoms with Gasteiger partial charge in [0.15, 0.2) is 0 Å². The maximum absolute atomic E-state index is 9.91. The number of rotatable bonds is 0. The van der Waals surface area contributed by atoms with E-state index in [9.17, 15) is 10.2 Å². The minimum atomic E-state index is -0.850. The Labute approximate surface area is 81.0 Å². The second-order valence-electron chi connectivity index (χ2n) is 4.53. The van der Waals surface area contributed by atoms with E-state index in [0.717, 1.165) is 25.7 Å². The predicted molar refractivity (Wildman–Crippen MR) is 53.6 cm³/mol. The summed E-state index contributed by atoms with van der Waals surface area (Å²) < 4.78 is 0. The molecular formula is C11H22O2. The lowest BCUT2D eigenvalue weighted by Crippen LogP contribution is -2.39. The predicted octanol–water partition coefficient (Wildman–Crippen LogP) is 2.23. The van der Waals surface area contributed by atoms with Crippen LogP contribution in [0, 0.1) is 0 Å². The Morgan fingerprint density at radius 2 is 1.54 bits per heavy atom. The van der Waals surface area contributed by atoms with Gasteiger partial charge in [0, 0.05) is 0 Å². The largest absolute Gasteiger partial charge is 0.390 e. The standard InChI is InChI=1S/C11H22O2/c1-11(13)9-7-5-3-2-4-6-8-10(11)12/h10,12-13H,2-9H2,1H3. The number of aliphatic hydroxyl groups is 2. The molecule has 1 aliphatic carbocycles. The van der Waals surface area contributed by atoms with Crippen LogP contribution in [-0.2, 0) is 0 Å². The fourth-order valence-electron chi connectivity index (χ4n) is 2.01. The van der Waals surface area contributed by atoms with Crippen LogP contribution in [0.4, 0.5) is 0 Å². The van der Waals surface area contributed by atoms with Crippen molar-refractivity contribution < 1.29 is 10.2 Å². The van der Waals surface area contributed by atoms with E-state index in [1.807, 2.05) is 0 Å². The van der Waals surface area contributed by atoms with E-state index >= 15 is 0 Å². The molecule has 78 valence electrons. The van der Waals surface area contributed by atoms with Gasteiger partial charge in [-0.1, -0.05) is 38.5 Å². The lowest BCUT2D eigenvalue weighted by Gasteiger charge is -2.30. The van der Waals surface area contributed by atoms with Crippen LogP contribution < -0.4 is 0 Å². The molecule has 2 heteroatoms. The fourth-order valence-corrected chi connectivity index (χ4v) is 2.01. The van der Waals surface area contributed by atoms with Gasteiger partial charge in [0.05, 0.1) is 11.7 Å². The third-order valence-electron chi connectivity index (χ3n) is 3.13. The molecule has 0 bridgehead atoms. The molecule has 0 aromatic rings. The van der Waals surface area contributed by atoms with Crippen molar-refractivity contribution in [3.8, 4) is 0 Å². The van der Waals surface area contributed by atoms with E-state index in [-0.39, 0.29) is 0 Å². The molecule has 0 amide bonds. The Morgan fingerprint density at radius 1 is 1.00 bits per heavy atom. The van der Waals surface area contributed by atoms with Crippen molar-refractivity contribution >= 4 is 0 Å². The first-order chi connectivity index (χ1) is 6.13. The first-order valence-corrected chi connectivity index (χ1v) is 5.53. The molecule has 1 saturated carbocycles. The van der Waals surface area contributed by atoms with Gasteiger partial charge in [-0.3, -0.25) is 0 Å². The second kappa shape index (κ2) is 4.97. The minimum absolute atomic E-state index is 0.523. The van der Waals surface area contributed by atoms with Crippen LogP contribution in [0.15, 0.2) is 0 Å². The highest BCUT2D eigenvalue weighted by molar-refractivity contribution is 4.82. The molecule has 1 aliphatic rings. The Morgan fingerprint density at radius 3 is 2.23 bits per heavy atom. The highest BCUT2D eigenvalue weighted by Crippen LogP contribution is 2.24. The number of aliphatic hydroxyl groups excluding tert-OH is 1. The van der Waals surface area contributed by atoms with Gasteiger partial charge >= 0.3 is 0 Å². The van der Waals surface area contributed by atoms with Gasteiger partial charge in [-0.15, -0.1) is 0 Å². The van der Waals surface area contributed by atoms with Gasteiger partial charge in [0.2, 0.25) is 0 Å². The van der Waals surface area contributed by atoms with E-state index in [1.54, 1.807) is 6.92 Å². The van der Waals surface area contributed by atoms with Crippen molar-refractivity contribution in [2.45, 2.75) is 70.0 Å². The molecule has 0 aromatic carbocycles. The van der Waals surface area contributed by atoms with Crippen molar-refractivity contribution in [2.24, 2.45) is 0 Å². The molecule has 2 atom stereocenters. The van der Waals surface area contributed by atoms with E-state index in [1.165, 1.54) is 25.7 Å². The summed E-state index contributed by atoms with van der Waals surface area (Å²) in [6.45, 7) is 1.76. The Hall–Kier alpha value is -0.0800. The first-order valence-electron chi connectivity index (χ1n) is 5.53. The summed E-state index contributed by atoms with van der Waals surface area (Å²) in [5.41, 5.74) is -0.850. The molecule has 0 aliphatic heterocycles. The summed E-state index contributed by atoms with van der Waals surface area (Å²) >= 11 is 0. The molecule has 2 N–H and O–H groups in total. The van der Waals surface area contributed by atoms with Crippen LogP contribution in [-0.4, -0.2) is 21.9 Å². The van der Waals surface area contributed by atoms with Gasteiger partial charge in [-0.2, -0.15) is 0 Å². The van der Waals surface area contributed by atoms with Crippen molar-refractivity contribution in [3.63, 3.8) is 0 Å². The molecule has 0 heterocycles. The monoisotopic (exact) mass is 186 g/mol. The molecule has 13 heavy (non-hydrogen) atoms. The fraction of sp³-hybridized carbons (Fsp3) is 1.00. The molecule has 0 saturated heterocycles. The molecule has 0 radical (unpaired) electrons. The maximum Gasteiger partial charge on any atom is 0.0877 e. The average molecular weight is 186 g/mol. The topological polar surface area (TPSA) is 40.5 Å². The van der Waals surface area contributed by atoms with Crippen LogP contribution in [0.1, 0.15) is 58.3 Å². The zero-order valence-corrected chi connectivity index (χ0v) is 8.63. The Kier molecular flexibility index (Phi) is 4.20. The van der Waals surface area contributed by atoms with E-state index in [2.05, 4.69) is 0 Å². The highest BCUT2D eigenvalue weighted by Gasteiger charge is 2.29. The van der Waals surface area contributed by atoms with Gasteiger partial charge < -0.3 is 10.2 Å². The minimum Gasteiger partial charge on any atom is -0.390 e. The summed E-state index contributed by atoms with van der Waals surface area (Å²) in [5, 5.41) is 19.6. The van der Waals surface area contributed by atoms with Crippen LogP contribution in [0.3, 0.4) is 0 Å². The Bertz CT molecular complexity index is 143. The average Bonchev–Trinajstić information content (AvgIpc) is 2.08. The van der Waals surface area contributed by atoms with Crippen molar-refractivity contribution in [2.75, 3.05) is 0 Å². The third kappa shape index (κ3) is 3.65. The maximum atomic E-state index is 9.91. The van der Waals surface area contributed by atoms with Crippen LogP contribution in [0.25, 0.3) is 0 Å². The summed E-state index contributed by atoms with van der Waals surface area (Å²) in [6.07, 6.45) is 8.05. The van der Waals surface area contributed by atoms with Crippen molar-refractivity contribution in [3.05, 3.63) is 0 Å².